The van der Waals surface area contributed by atoms with Crippen LogP contribution in [-0.2, 0) is 14.4 Å². The number of Topliss-reactive ketones (excluding diaryl/α,β-unsaturated/α-hetero) is 1. The molecule has 0 bridgehead atoms. The maximum Gasteiger partial charge on any atom is 0.339 e. The van der Waals surface area contributed by atoms with E-state index in [9.17, 15) is 14.4 Å². The van der Waals surface area contributed by atoms with Gasteiger partial charge in [0.15, 0.2) is 11.6 Å². The van der Waals surface area contributed by atoms with Crippen LogP contribution in [0.5, 0.6) is 0 Å². The minimum absolute atomic E-state index is 0.447. The molecule has 60 valence electrons. The van der Waals surface area contributed by atoms with Crippen LogP contribution >= 0.6 is 0 Å². The van der Waals surface area contributed by atoms with E-state index in [-0.39, 0.29) is 0 Å². The summed E-state index contributed by atoms with van der Waals surface area (Å²) < 4.78 is 0. The van der Waals surface area contributed by atoms with E-state index in [2.05, 4.69) is 0 Å². The summed E-state index contributed by atoms with van der Waals surface area (Å²) in [5.41, 5.74) is -0.475. The van der Waals surface area contributed by atoms with E-state index in [4.69, 9.17) is 5.11 Å². The summed E-state index contributed by atoms with van der Waals surface area (Å²) in [7, 11) is 0. The van der Waals surface area contributed by atoms with E-state index >= 15 is 0 Å². The third-order valence-electron chi connectivity index (χ3n) is 0.957. The molecule has 1 N–H and O–H groups in total. The molecule has 0 aromatic rings. The second-order valence-corrected chi connectivity index (χ2v) is 2.03. The zero-order chi connectivity index (χ0) is 9.02. The third kappa shape index (κ3) is 3.30. The lowest BCUT2D eigenvalue weighted by Crippen LogP contribution is -2.10. The molecule has 0 spiro atoms. The summed E-state index contributed by atoms with van der Waals surface area (Å²) in [6.07, 6.45) is 0.810. The molecule has 4 heteroatoms. The van der Waals surface area contributed by atoms with Crippen molar-refractivity contribution in [3.05, 3.63) is 11.6 Å². The van der Waals surface area contributed by atoms with Gasteiger partial charge in [0.05, 0.1) is 0 Å². The highest BCUT2D eigenvalue weighted by molar-refractivity contribution is 6.18. The van der Waals surface area contributed by atoms with Crippen molar-refractivity contribution in [1.82, 2.24) is 0 Å². The standard InChI is InChI=1S/C7H8O4/c1-4(8)3-6(5(2)9)7(10)11/h3H,1-2H3,(H,10,11)/b6-3-. The first-order valence-corrected chi connectivity index (χ1v) is 2.91. The Morgan fingerprint density at radius 1 is 1.18 bits per heavy atom. The predicted octanol–water partition coefficient (Wildman–Crippen LogP) is 0.175. The highest BCUT2D eigenvalue weighted by Crippen LogP contribution is 1.96. The van der Waals surface area contributed by atoms with E-state index in [1.807, 2.05) is 0 Å². The molecule has 0 aliphatic rings. The topological polar surface area (TPSA) is 71.4 Å². The minimum atomic E-state index is -1.37. The average molecular weight is 156 g/mol. The first-order valence-electron chi connectivity index (χ1n) is 2.91. The van der Waals surface area contributed by atoms with Crippen molar-refractivity contribution in [2.45, 2.75) is 13.8 Å². The first kappa shape index (κ1) is 9.55. The Hall–Kier alpha value is -1.45. The number of rotatable bonds is 3. The summed E-state index contributed by atoms with van der Waals surface area (Å²) in [6, 6.07) is 0. The zero-order valence-electron chi connectivity index (χ0n) is 6.25. The van der Waals surface area contributed by atoms with Gasteiger partial charge in [0.2, 0.25) is 0 Å². The maximum atomic E-state index is 10.5. The number of carbonyl (C=O) groups is 3. The van der Waals surface area contributed by atoms with Gasteiger partial charge in [-0.2, -0.15) is 0 Å². The molecule has 0 atom stereocenters. The lowest BCUT2D eigenvalue weighted by Gasteiger charge is -1.92. The van der Waals surface area contributed by atoms with Crippen LogP contribution < -0.4 is 0 Å². The van der Waals surface area contributed by atoms with E-state index < -0.39 is 23.1 Å². The summed E-state index contributed by atoms with van der Waals surface area (Å²) in [5, 5.41) is 8.35. The summed E-state index contributed by atoms with van der Waals surface area (Å²) in [5.74, 6) is -2.43. The smallest absolute Gasteiger partial charge is 0.339 e. The number of carboxylic acid groups (broad SMARTS) is 1. The molecular formula is C7H8O4. The Bertz CT molecular complexity index is 221. The highest BCUT2D eigenvalue weighted by atomic mass is 16.4. The van der Waals surface area contributed by atoms with Crippen molar-refractivity contribution in [1.29, 1.82) is 0 Å². The SMILES string of the molecule is CC(=O)/C=C(/C(C)=O)C(=O)O. The fourth-order valence-corrected chi connectivity index (χ4v) is 0.517. The van der Waals surface area contributed by atoms with Gasteiger partial charge in [0.25, 0.3) is 0 Å². The summed E-state index contributed by atoms with van der Waals surface area (Å²) in [6.45, 7) is 2.29. The number of carbonyl (C=O) groups excluding carboxylic acids is 2. The molecule has 0 unspecified atom stereocenters. The molecule has 11 heavy (non-hydrogen) atoms. The van der Waals surface area contributed by atoms with Crippen LogP contribution in [0.3, 0.4) is 0 Å². The van der Waals surface area contributed by atoms with Crippen LogP contribution in [0.25, 0.3) is 0 Å². The quantitative estimate of drug-likeness (QED) is 0.359. The number of carboxylic acids is 1. The normalized spacial score (nSPS) is 10.9. The van der Waals surface area contributed by atoms with Crippen LogP contribution in [-0.4, -0.2) is 22.6 Å². The number of hydrogen-bond acceptors (Lipinski definition) is 3. The van der Waals surface area contributed by atoms with Crippen LogP contribution in [0.4, 0.5) is 0 Å². The van der Waals surface area contributed by atoms with E-state index in [1.165, 1.54) is 6.92 Å². The van der Waals surface area contributed by atoms with Gasteiger partial charge in [-0.1, -0.05) is 0 Å². The van der Waals surface area contributed by atoms with Gasteiger partial charge in [-0.05, 0) is 19.9 Å². The second kappa shape index (κ2) is 3.65. The number of hydrogen-bond donors (Lipinski definition) is 1. The van der Waals surface area contributed by atoms with Gasteiger partial charge in [-0.25, -0.2) is 4.79 Å². The molecule has 4 nitrogen and oxygen atoms in total. The monoisotopic (exact) mass is 156 g/mol. The molecule has 0 aliphatic heterocycles. The average Bonchev–Trinajstić information content (AvgIpc) is 1.81. The number of aliphatic carboxylic acids is 1. The first-order chi connectivity index (χ1) is 4.95. The van der Waals surface area contributed by atoms with Gasteiger partial charge >= 0.3 is 5.97 Å². The maximum absolute atomic E-state index is 10.5. The molecule has 0 amide bonds. The van der Waals surface area contributed by atoms with Crippen LogP contribution in [0.2, 0.25) is 0 Å². The Morgan fingerprint density at radius 2 is 1.64 bits per heavy atom. The fraction of sp³-hybridized carbons (Fsp3) is 0.286. The summed E-state index contributed by atoms with van der Waals surface area (Å²) >= 11 is 0. The van der Waals surface area contributed by atoms with Gasteiger partial charge in [0.1, 0.15) is 5.57 Å². The van der Waals surface area contributed by atoms with Gasteiger partial charge < -0.3 is 5.11 Å². The van der Waals surface area contributed by atoms with E-state index in [0.29, 0.717) is 0 Å². The Balaban J connectivity index is 4.75. The highest BCUT2D eigenvalue weighted by Gasteiger charge is 2.12. The lowest BCUT2D eigenvalue weighted by molar-refractivity contribution is -0.134. The van der Waals surface area contributed by atoms with Crippen molar-refractivity contribution in [2.24, 2.45) is 0 Å². The molecule has 0 aromatic heterocycles. The van der Waals surface area contributed by atoms with Crippen molar-refractivity contribution >= 4 is 17.5 Å². The second-order valence-electron chi connectivity index (χ2n) is 2.03. The van der Waals surface area contributed by atoms with Crippen molar-refractivity contribution < 1.29 is 19.5 Å². The Labute approximate surface area is 63.5 Å². The molecule has 0 aliphatic carbocycles. The van der Waals surface area contributed by atoms with Crippen LogP contribution in [0.1, 0.15) is 13.8 Å². The predicted molar refractivity (Wildman–Crippen MR) is 37.1 cm³/mol. The van der Waals surface area contributed by atoms with Crippen LogP contribution in [0, 0.1) is 0 Å². The molecule has 0 saturated carbocycles. The third-order valence-corrected chi connectivity index (χ3v) is 0.957. The molecule has 0 saturated heterocycles. The van der Waals surface area contributed by atoms with Gasteiger partial charge in [-0.15, -0.1) is 0 Å². The zero-order valence-corrected chi connectivity index (χ0v) is 6.25. The van der Waals surface area contributed by atoms with Crippen molar-refractivity contribution in [3.8, 4) is 0 Å². The fourth-order valence-electron chi connectivity index (χ4n) is 0.517. The minimum Gasteiger partial charge on any atom is -0.478 e. The number of allylic oxidation sites excluding steroid dienone is 1. The van der Waals surface area contributed by atoms with E-state index in [1.54, 1.807) is 0 Å². The Kier molecular flexibility index (Phi) is 3.17. The lowest BCUT2D eigenvalue weighted by atomic mass is 10.1. The van der Waals surface area contributed by atoms with Crippen molar-refractivity contribution in [2.75, 3.05) is 0 Å². The van der Waals surface area contributed by atoms with Crippen molar-refractivity contribution in [3.63, 3.8) is 0 Å². The Morgan fingerprint density at radius 3 is 1.73 bits per heavy atom. The molecule has 0 heterocycles. The molecule has 0 radical (unpaired) electrons. The number of ketones is 2. The molecule has 0 aromatic carbocycles. The molecular weight excluding hydrogens is 148 g/mol. The summed E-state index contributed by atoms with van der Waals surface area (Å²) in [4.78, 5) is 31.1. The van der Waals surface area contributed by atoms with Crippen LogP contribution in [0.15, 0.2) is 11.6 Å². The molecule has 0 rings (SSSR count). The van der Waals surface area contributed by atoms with Gasteiger partial charge in [0, 0.05) is 0 Å². The van der Waals surface area contributed by atoms with E-state index in [0.717, 1.165) is 13.0 Å². The molecule has 0 fully saturated rings. The largest absolute Gasteiger partial charge is 0.478 e. The van der Waals surface area contributed by atoms with Gasteiger partial charge in [-0.3, -0.25) is 9.59 Å².